The number of nitriles is 1. The molecule has 0 amide bonds. The first-order chi connectivity index (χ1) is 8.29. The van der Waals surface area contributed by atoms with Crippen molar-refractivity contribution in [3.05, 3.63) is 48.0 Å². The van der Waals surface area contributed by atoms with Gasteiger partial charge in [-0.15, -0.1) is 11.3 Å². The maximum atomic E-state index is 11.9. The molecular formula is C12H7NOS3. The van der Waals surface area contributed by atoms with E-state index in [9.17, 15) is 4.79 Å². The molecule has 1 aromatic heterocycles. The number of thioether (sulfide) groups is 2. The molecule has 0 bridgehead atoms. The number of carbonyl (C=O) groups is 1. The standard InChI is InChI=1S/C12H7NOS3/c13-8-15-10-6-7-11(16-10)17-12(14)9-4-2-1-3-5-9/h1-7H. The second-order valence-electron chi connectivity index (χ2n) is 3.02. The van der Waals surface area contributed by atoms with Gasteiger partial charge in [0.1, 0.15) is 5.40 Å². The number of thiocyanates is 1. The van der Waals surface area contributed by atoms with Crippen LogP contribution in [0.1, 0.15) is 10.4 Å². The monoisotopic (exact) mass is 277 g/mol. The van der Waals surface area contributed by atoms with Gasteiger partial charge in [0.15, 0.2) is 0 Å². The summed E-state index contributed by atoms with van der Waals surface area (Å²) in [6.07, 6.45) is 0. The molecule has 1 aromatic carbocycles. The van der Waals surface area contributed by atoms with Crippen LogP contribution in [0.5, 0.6) is 0 Å². The topological polar surface area (TPSA) is 40.9 Å². The van der Waals surface area contributed by atoms with Crippen LogP contribution in [0.25, 0.3) is 0 Å². The van der Waals surface area contributed by atoms with Crippen LogP contribution >= 0.6 is 34.9 Å². The Labute approximate surface area is 112 Å². The molecule has 0 atom stereocenters. The van der Waals surface area contributed by atoms with Crippen LogP contribution in [0.15, 0.2) is 50.9 Å². The van der Waals surface area contributed by atoms with Crippen LogP contribution in [-0.2, 0) is 0 Å². The Morgan fingerprint density at radius 1 is 1.12 bits per heavy atom. The van der Waals surface area contributed by atoms with Gasteiger partial charge in [0.25, 0.3) is 0 Å². The van der Waals surface area contributed by atoms with E-state index >= 15 is 0 Å². The zero-order valence-corrected chi connectivity index (χ0v) is 11.1. The molecule has 17 heavy (non-hydrogen) atoms. The summed E-state index contributed by atoms with van der Waals surface area (Å²) in [6.45, 7) is 0. The fourth-order valence-electron chi connectivity index (χ4n) is 1.18. The molecule has 2 aromatic rings. The molecule has 84 valence electrons. The lowest BCUT2D eigenvalue weighted by atomic mass is 10.2. The van der Waals surface area contributed by atoms with Crippen LogP contribution in [0.2, 0.25) is 0 Å². The molecule has 0 saturated carbocycles. The molecule has 1 heterocycles. The number of rotatable bonds is 3. The van der Waals surface area contributed by atoms with Crippen LogP contribution in [0.3, 0.4) is 0 Å². The minimum atomic E-state index is 0.0287. The third kappa shape index (κ3) is 3.37. The summed E-state index contributed by atoms with van der Waals surface area (Å²) in [7, 11) is 0. The highest BCUT2D eigenvalue weighted by atomic mass is 32.2. The summed E-state index contributed by atoms with van der Waals surface area (Å²) < 4.78 is 1.83. The summed E-state index contributed by atoms with van der Waals surface area (Å²) >= 11 is 3.78. The Bertz CT molecular complexity index is 557. The average Bonchev–Trinajstić information content (AvgIpc) is 2.78. The third-order valence-electron chi connectivity index (χ3n) is 1.91. The first-order valence-electron chi connectivity index (χ1n) is 4.72. The Kier molecular flexibility index (Phi) is 4.26. The zero-order chi connectivity index (χ0) is 12.1. The van der Waals surface area contributed by atoms with Crippen LogP contribution < -0.4 is 0 Å². The highest BCUT2D eigenvalue weighted by Gasteiger charge is 2.09. The molecule has 0 unspecified atom stereocenters. The zero-order valence-electron chi connectivity index (χ0n) is 8.62. The Balaban J connectivity index is 2.06. The molecule has 0 radical (unpaired) electrons. The van der Waals surface area contributed by atoms with Crippen molar-refractivity contribution in [1.82, 2.24) is 0 Å². The predicted octanol–water partition coefficient (Wildman–Crippen LogP) is 4.25. The summed E-state index contributed by atoms with van der Waals surface area (Å²) in [5.41, 5.74) is 0.695. The average molecular weight is 277 g/mol. The van der Waals surface area contributed by atoms with Gasteiger partial charge in [-0.2, -0.15) is 5.26 Å². The minimum Gasteiger partial charge on any atom is -0.281 e. The summed E-state index contributed by atoms with van der Waals surface area (Å²) in [5.74, 6) is 0. The Morgan fingerprint density at radius 3 is 2.53 bits per heavy atom. The lowest BCUT2D eigenvalue weighted by molar-refractivity contribution is 0.108. The molecular weight excluding hydrogens is 270 g/mol. The van der Waals surface area contributed by atoms with E-state index in [0.717, 1.165) is 20.2 Å². The first kappa shape index (κ1) is 12.2. The lowest BCUT2D eigenvalue weighted by Gasteiger charge is -1.97. The normalized spacial score (nSPS) is 9.82. The van der Waals surface area contributed by atoms with E-state index < -0.39 is 0 Å². The number of nitrogens with zero attached hydrogens (tertiary/aromatic N) is 1. The summed E-state index contributed by atoms with van der Waals surface area (Å²) in [5, 5.41) is 10.6. The van der Waals surface area contributed by atoms with Gasteiger partial charge in [0.05, 0.1) is 8.42 Å². The number of hydrogen-bond acceptors (Lipinski definition) is 5. The van der Waals surface area contributed by atoms with Crippen molar-refractivity contribution in [2.24, 2.45) is 0 Å². The van der Waals surface area contributed by atoms with Crippen molar-refractivity contribution >= 4 is 40.0 Å². The molecule has 0 saturated heterocycles. The van der Waals surface area contributed by atoms with E-state index in [-0.39, 0.29) is 5.12 Å². The molecule has 0 aliphatic heterocycles. The maximum absolute atomic E-state index is 11.9. The molecule has 0 spiro atoms. The molecule has 2 rings (SSSR count). The van der Waals surface area contributed by atoms with Gasteiger partial charge < -0.3 is 0 Å². The Morgan fingerprint density at radius 2 is 1.82 bits per heavy atom. The van der Waals surface area contributed by atoms with Crippen LogP contribution in [0.4, 0.5) is 0 Å². The second kappa shape index (κ2) is 5.92. The molecule has 0 fully saturated rings. The molecule has 0 aliphatic rings. The fraction of sp³-hybridized carbons (Fsp3) is 0. The van der Waals surface area contributed by atoms with Gasteiger partial charge >= 0.3 is 0 Å². The van der Waals surface area contributed by atoms with Crippen molar-refractivity contribution in [1.29, 1.82) is 5.26 Å². The number of hydrogen-bond donors (Lipinski definition) is 0. The fourth-order valence-corrected chi connectivity index (χ4v) is 3.82. The van der Waals surface area contributed by atoms with Gasteiger partial charge in [0, 0.05) is 17.3 Å². The smallest absolute Gasteiger partial charge is 0.224 e. The predicted molar refractivity (Wildman–Crippen MR) is 72.4 cm³/mol. The quantitative estimate of drug-likeness (QED) is 0.621. The van der Waals surface area contributed by atoms with Gasteiger partial charge in [-0.1, -0.05) is 30.3 Å². The van der Waals surface area contributed by atoms with E-state index in [1.807, 2.05) is 35.7 Å². The van der Waals surface area contributed by atoms with E-state index in [4.69, 9.17) is 5.26 Å². The third-order valence-corrected chi connectivity index (χ3v) is 4.77. The number of benzene rings is 1. The van der Waals surface area contributed by atoms with Crippen LogP contribution in [0, 0.1) is 10.7 Å². The second-order valence-corrected chi connectivity index (χ2v) is 6.46. The summed E-state index contributed by atoms with van der Waals surface area (Å²) in [6, 6.07) is 12.9. The van der Waals surface area contributed by atoms with Crippen LogP contribution in [-0.4, -0.2) is 5.12 Å². The van der Waals surface area contributed by atoms with Gasteiger partial charge in [-0.05, 0) is 23.9 Å². The van der Waals surface area contributed by atoms with Crippen molar-refractivity contribution in [2.45, 2.75) is 8.42 Å². The van der Waals surface area contributed by atoms with Gasteiger partial charge in [0.2, 0.25) is 5.12 Å². The van der Waals surface area contributed by atoms with Crippen molar-refractivity contribution in [3.63, 3.8) is 0 Å². The van der Waals surface area contributed by atoms with Gasteiger partial charge in [-0.25, -0.2) is 0 Å². The van der Waals surface area contributed by atoms with Gasteiger partial charge in [-0.3, -0.25) is 4.79 Å². The lowest BCUT2D eigenvalue weighted by Crippen LogP contribution is -1.90. The maximum Gasteiger partial charge on any atom is 0.224 e. The van der Waals surface area contributed by atoms with E-state index in [2.05, 4.69) is 0 Å². The van der Waals surface area contributed by atoms with Crippen molar-refractivity contribution in [2.75, 3.05) is 0 Å². The molecule has 0 aliphatic carbocycles. The van der Waals surface area contributed by atoms with E-state index in [1.54, 1.807) is 12.1 Å². The number of thiophene rings is 1. The van der Waals surface area contributed by atoms with E-state index in [1.165, 1.54) is 23.1 Å². The van der Waals surface area contributed by atoms with E-state index in [0.29, 0.717) is 5.56 Å². The SMILES string of the molecule is N#CSc1ccc(SC(=O)c2ccccc2)s1. The van der Waals surface area contributed by atoms with Crippen molar-refractivity contribution < 1.29 is 4.79 Å². The highest BCUT2D eigenvalue weighted by Crippen LogP contribution is 2.34. The molecule has 5 heteroatoms. The van der Waals surface area contributed by atoms with Crippen molar-refractivity contribution in [3.8, 4) is 5.40 Å². The minimum absolute atomic E-state index is 0.0287. The largest absolute Gasteiger partial charge is 0.281 e. The molecule has 2 nitrogen and oxygen atoms in total. The Hall–Kier alpha value is -1.22. The first-order valence-corrected chi connectivity index (χ1v) is 7.17. The summed E-state index contributed by atoms with van der Waals surface area (Å²) in [4.78, 5) is 11.9. The number of carbonyl (C=O) groups excluding carboxylic acids is 1. The molecule has 0 N–H and O–H groups in total. The highest BCUT2D eigenvalue weighted by molar-refractivity contribution is 8.15.